The number of hydrogen-bond acceptors (Lipinski definition) is 10. The molecular weight excluding hydrogens is 772 g/mol. The average Bonchev–Trinajstić information content (AvgIpc) is 4.01. The van der Waals surface area contributed by atoms with Crippen molar-refractivity contribution in [1.82, 2.24) is 25.2 Å². The van der Waals surface area contributed by atoms with Crippen molar-refractivity contribution in [3.63, 3.8) is 0 Å². The van der Waals surface area contributed by atoms with E-state index in [2.05, 4.69) is 20.3 Å². The molecule has 4 aliphatic rings. The third-order valence-electron chi connectivity index (χ3n) is 11.7. The number of sulfonamides is 1. The number of carbonyl (C=O) groups excluding carboxylic acids is 4. The van der Waals surface area contributed by atoms with Crippen LogP contribution in [-0.2, 0) is 29.1 Å². The highest BCUT2D eigenvalue weighted by Gasteiger charge is 2.63. The Kier molecular flexibility index (Phi) is 11.3. The number of nitrogens with zero attached hydrogens (tertiary/aromatic N) is 2. The quantitative estimate of drug-likeness (QED) is 0.310. The first-order valence-corrected chi connectivity index (χ1v) is 20.6. The molecule has 1 aromatic carbocycles. The van der Waals surface area contributed by atoms with Crippen LogP contribution in [0.3, 0.4) is 0 Å². The smallest absolute Gasteiger partial charge is 0.427 e. The molecular formula is C39H50F3N5O9S. The number of benzene rings is 1. The van der Waals surface area contributed by atoms with E-state index in [4.69, 9.17) is 14.2 Å². The molecule has 0 bridgehead atoms. The van der Waals surface area contributed by atoms with Gasteiger partial charge in [0.25, 0.3) is 5.91 Å². The molecule has 3 fully saturated rings. The Hall–Kier alpha value is -4.61. The fraction of sp³-hybridized carbons (Fsp3) is 0.615. The highest BCUT2D eigenvalue weighted by Crippen LogP contribution is 2.48. The number of ether oxygens (including phenoxy) is 3. The van der Waals surface area contributed by atoms with Crippen LogP contribution in [-0.4, -0.2) is 96.0 Å². The van der Waals surface area contributed by atoms with Gasteiger partial charge in [-0.05, 0) is 82.6 Å². The molecule has 2 aliphatic carbocycles. The number of pyridine rings is 1. The maximum absolute atomic E-state index is 14.7. The third-order valence-corrected chi connectivity index (χ3v) is 13.9. The van der Waals surface area contributed by atoms with Gasteiger partial charge in [0, 0.05) is 23.8 Å². The number of allylic oxidation sites excluding steroid dienone is 1. The summed E-state index contributed by atoms with van der Waals surface area (Å²) in [5.74, 6) is -3.29. The standard InChI is InChI=1S/C39H50F3N5O9S/c1-22-11-7-9-13-25-20-38(25,34(50)46-57(52,53)37(5)15-16-37)45-31(48)28-19-26(55-32-27-14-10-8-12-24(27)18-29(43-32)54-6)21-47(28)33(49)30(23(2)17-22)44-35(51)56-36(3,4)39(40,41)42/h8-10,12-14,18,22-23,25-26,28,30H,7,11,15-17,19-21H2,1-6H3,(H,44,51)(H,45,48)(H,46,50)/b13-9-/t22-,23+,25+,26+,28-,30-,38+/m0/s1. The van der Waals surface area contributed by atoms with Crippen molar-refractivity contribution in [1.29, 1.82) is 0 Å². The van der Waals surface area contributed by atoms with E-state index in [1.165, 1.54) is 18.9 Å². The van der Waals surface area contributed by atoms with Gasteiger partial charge in [0.15, 0.2) is 0 Å². The van der Waals surface area contributed by atoms with Crippen LogP contribution in [0.15, 0.2) is 42.5 Å². The Balaban J connectivity index is 1.36. The Bertz CT molecular complexity index is 2060. The largest absolute Gasteiger partial charge is 0.481 e. The fourth-order valence-corrected chi connectivity index (χ4v) is 8.85. The van der Waals surface area contributed by atoms with Gasteiger partial charge in [-0.25, -0.2) is 13.2 Å². The van der Waals surface area contributed by atoms with Crippen molar-refractivity contribution in [2.24, 2.45) is 17.8 Å². The van der Waals surface area contributed by atoms with Crippen molar-refractivity contribution in [2.75, 3.05) is 13.7 Å². The van der Waals surface area contributed by atoms with Gasteiger partial charge < -0.3 is 29.7 Å². The number of nitrogens with one attached hydrogen (secondary N) is 3. The number of halogens is 3. The zero-order valence-corrected chi connectivity index (χ0v) is 33.6. The van der Waals surface area contributed by atoms with Gasteiger partial charge in [-0.2, -0.15) is 18.2 Å². The number of methoxy groups -OCH3 is 1. The normalized spacial score (nSPS) is 29.7. The van der Waals surface area contributed by atoms with Crippen molar-refractivity contribution in [3.8, 4) is 11.8 Å². The summed E-state index contributed by atoms with van der Waals surface area (Å²) >= 11 is 0. The molecule has 0 spiro atoms. The summed E-state index contributed by atoms with van der Waals surface area (Å²) in [6.45, 7) is 6.32. The summed E-state index contributed by atoms with van der Waals surface area (Å²) in [6.07, 6.45) is -1.37. The predicted molar refractivity (Wildman–Crippen MR) is 201 cm³/mol. The maximum atomic E-state index is 14.7. The molecule has 57 heavy (non-hydrogen) atoms. The zero-order chi connectivity index (χ0) is 41.7. The molecule has 3 N–H and O–H groups in total. The molecule has 2 saturated carbocycles. The molecule has 18 heteroatoms. The molecule has 4 amide bonds. The fourth-order valence-electron chi connectivity index (χ4n) is 7.54. The first-order valence-electron chi connectivity index (χ1n) is 19.1. The molecule has 6 rings (SSSR count). The monoisotopic (exact) mass is 821 g/mol. The van der Waals surface area contributed by atoms with Gasteiger partial charge >= 0.3 is 12.3 Å². The van der Waals surface area contributed by atoms with E-state index >= 15 is 0 Å². The van der Waals surface area contributed by atoms with Gasteiger partial charge in [0.1, 0.15) is 23.7 Å². The van der Waals surface area contributed by atoms with E-state index < -0.39 is 85.9 Å². The highest BCUT2D eigenvalue weighted by molar-refractivity contribution is 7.91. The second kappa shape index (κ2) is 15.3. The van der Waals surface area contributed by atoms with Crippen LogP contribution < -0.4 is 24.8 Å². The van der Waals surface area contributed by atoms with Crippen LogP contribution in [0.1, 0.15) is 79.6 Å². The molecule has 1 saturated heterocycles. The molecule has 2 aliphatic heterocycles. The summed E-state index contributed by atoms with van der Waals surface area (Å²) in [5.41, 5.74) is -4.53. The van der Waals surface area contributed by atoms with Crippen molar-refractivity contribution >= 4 is 44.6 Å². The van der Waals surface area contributed by atoms with Crippen molar-refractivity contribution in [3.05, 3.63) is 42.5 Å². The minimum absolute atomic E-state index is 0.0381. The summed E-state index contributed by atoms with van der Waals surface area (Å²) in [7, 11) is -2.64. The van der Waals surface area contributed by atoms with Crippen molar-refractivity contribution < 1.29 is 55.0 Å². The lowest BCUT2D eigenvalue weighted by molar-refractivity contribution is -0.244. The van der Waals surface area contributed by atoms with Crippen LogP contribution in [0.4, 0.5) is 18.0 Å². The van der Waals surface area contributed by atoms with E-state index in [1.807, 2.05) is 25.1 Å². The molecule has 312 valence electrons. The van der Waals surface area contributed by atoms with Gasteiger partial charge in [-0.15, -0.1) is 0 Å². The predicted octanol–water partition coefficient (Wildman–Crippen LogP) is 4.91. The molecule has 1 aromatic heterocycles. The molecule has 7 atom stereocenters. The Morgan fingerprint density at radius 1 is 1.09 bits per heavy atom. The second-order valence-corrected chi connectivity index (χ2v) is 18.9. The number of aromatic nitrogens is 1. The van der Waals surface area contributed by atoms with Gasteiger partial charge in [0.05, 0.1) is 18.4 Å². The van der Waals surface area contributed by atoms with Crippen LogP contribution >= 0.6 is 0 Å². The van der Waals surface area contributed by atoms with Gasteiger partial charge in [-0.1, -0.05) is 44.2 Å². The highest BCUT2D eigenvalue weighted by atomic mass is 32.2. The lowest BCUT2D eigenvalue weighted by Gasteiger charge is -2.34. The summed E-state index contributed by atoms with van der Waals surface area (Å²) in [4.78, 5) is 61.9. The van der Waals surface area contributed by atoms with Crippen LogP contribution in [0.25, 0.3) is 10.8 Å². The minimum Gasteiger partial charge on any atom is -0.481 e. The van der Waals surface area contributed by atoms with Gasteiger partial charge in [-0.3, -0.25) is 19.1 Å². The molecule has 14 nitrogen and oxygen atoms in total. The molecule has 0 radical (unpaired) electrons. The number of rotatable bonds is 8. The van der Waals surface area contributed by atoms with Crippen LogP contribution in [0.2, 0.25) is 0 Å². The lowest BCUT2D eigenvalue weighted by Crippen LogP contribution is -2.59. The van der Waals surface area contributed by atoms with Crippen LogP contribution in [0.5, 0.6) is 11.8 Å². The van der Waals surface area contributed by atoms with E-state index in [9.17, 15) is 40.8 Å². The third kappa shape index (κ3) is 8.65. The summed E-state index contributed by atoms with van der Waals surface area (Å²) in [5, 5.41) is 6.53. The lowest BCUT2D eigenvalue weighted by atomic mass is 9.88. The van der Waals surface area contributed by atoms with Crippen molar-refractivity contribution in [2.45, 2.75) is 120 Å². The minimum atomic E-state index is -4.91. The topological polar surface area (TPSA) is 182 Å². The number of alkyl carbamates (subject to hydrolysis) is 1. The maximum Gasteiger partial charge on any atom is 0.427 e. The van der Waals surface area contributed by atoms with E-state index in [-0.39, 0.29) is 37.1 Å². The Labute approximate surface area is 329 Å². The SMILES string of the molecule is COc1cc2ccccc2c(O[C@@H]2C[C@H]3C(=O)N[C@]4(C(=O)NS(=O)(=O)C5(C)CC5)C[C@H]4/C=C\CC[C@H](C)C[C@@H](C)[C@H](NC(=O)OC(C)(C)C(F)(F)F)C(=O)N3C2)n1. The Morgan fingerprint density at radius 3 is 2.46 bits per heavy atom. The average molecular weight is 822 g/mol. The number of hydrogen-bond donors (Lipinski definition) is 3. The summed E-state index contributed by atoms with van der Waals surface area (Å²) in [6, 6.07) is 6.15. The second-order valence-electron chi connectivity index (χ2n) is 16.7. The first kappa shape index (κ1) is 42.0. The number of alkyl halides is 3. The number of amides is 4. The van der Waals surface area contributed by atoms with E-state index in [0.29, 0.717) is 51.3 Å². The molecule has 3 heterocycles. The van der Waals surface area contributed by atoms with E-state index in [1.54, 1.807) is 31.2 Å². The van der Waals surface area contributed by atoms with Crippen LogP contribution in [0, 0.1) is 17.8 Å². The Morgan fingerprint density at radius 2 is 1.79 bits per heavy atom. The van der Waals surface area contributed by atoms with Gasteiger partial charge in [0.2, 0.25) is 39.2 Å². The van der Waals surface area contributed by atoms with E-state index in [0.717, 1.165) is 5.39 Å². The molecule has 0 unspecified atom stereocenters. The molecule has 2 aromatic rings. The zero-order valence-electron chi connectivity index (χ0n) is 32.8. The number of fused-ring (bicyclic) bond motifs is 3. The number of carbonyl (C=O) groups is 4. The first-order chi connectivity index (χ1) is 26.6. The summed E-state index contributed by atoms with van der Waals surface area (Å²) < 4.78 is 85.2.